The summed E-state index contributed by atoms with van der Waals surface area (Å²) in [6.07, 6.45) is 2.40. The summed E-state index contributed by atoms with van der Waals surface area (Å²) in [6.45, 7) is 0.972. The minimum Gasteiger partial charge on any atom is -0.311 e. The van der Waals surface area contributed by atoms with Gasteiger partial charge in [0, 0.05) is 6.54 Å². The van der Waals surface area contributed by atoms with Gasteiger partial charge in [0.05, 0.1) is 12.1 Å². The maximum Gasteiger partial charge on any atom is 0.344 e. The number of carbonyl (C=O) groups excluding carboxylic acids is 2. The molecule has 0 saturated carbocycles. The molecule has 2 fully saturated rings. The molecule has 19 heavy (non-hydrogen) atoms. The Bertz CT molecular complexity index is 477. The SMILES string of the molecule is O=CC1CCC2CN1C(=O)N2OCc1ccccc1. The average molecular weight is 260 g/mol. The van der Waals surface area contributed by atoms with Gasteiger partial charge in [0.15, 0.2) is 0 Å². The highest BCUT2D eigenvalue weighted by Gasteiger charge is 2.45. The molecule has 2 unspecified atom stereocenters. The van der Waals surface area contributed by atoms with E-state index in [1.807, 2.05) is 30.3 Å². The molecular weight excluding hydrogens is 244 g/mol. The number of hydroxylamine groups is 2. The molecule has 100 valence electrons. The highest BCUT2D eigenvalue weighted by molar-refractivity contribution is 5.80. The lowest BCUT2D eigenvalue weighted by molar-refractivity contribution is -0.140. The van der Waals surface area contributed by atoms with Crippen LogP contribution in [0.5, 0.6) is 0 Å². The van der Waals surface area contributed by atoms with Gasteiger partial charge in [-0.3, -0.25) is 4.84 Å². The molecular formula is C14H16N2O3. The first kappa shape index (κ1) is 12.2. The Balaban J connectivity index is 1.66. The van der Waals surface area contributed by atoms with Gasteiger partial charge in [-0.1, -0.05) is 30.3 Å². The van der Waals surface area contributed by atoms with E-state index in [0.29, 0.717) is 13.2 Å². The molecule has 5 heteroatoms. The monoisotopic (exact) mass is 260 g/mol. The molecule has 2 amide bonds. The number of benzene rings is 1. The first-order valence-electron chi connectivity index (χ1n) is 6.51. The summed E-state index contributed by atoms with van der Waals surface area (Å²) in [5.74, 6) is 0. The molecule has 0 spiro atoms. The lowest BCUT2D eigenvalue weighted by Crippen LogP contribution is -2.40. The molecule has 0 radical (unpaired) electrons. The van der Waals surface area contributed by atoms with E-state index >= 15 is 0 Å². The van der Waals surface area contributed by atoms with E-state index in [-0.39, 0.29) is 18.1 Å². The van der Waals surface area contributed by atoms with Crippen LogP contribution in [-0.4, -0.2) is 40.9 Å². The van der Waals surface area contributed by atoms with Crippen LogP contribution in [0.3, 0.4) is 0 Å². The van der Waals surface area contributed by atoms with Gasteiger partial charge < -0.3 is 9.69 Å². The molecule has 2 aliphatic rings. The van der Waals surface area contributed by atoms with Crippen LogP contribution in [0.25, 0.3) is 0 Å². The second-order valence-electron chi connectivity index (χ2n) is 4.95. The number of carbonyl (C=O) groups is 2. The van der Waals surface area contributed by atoms with Crippen molar-refractivity contribution in [3.63, 3.8) is 0 Å². The summed E-state index contributed by atoms with van der Waals surface area (Å²) in [7, 11) is 0. The van der Waals surface area contributed by atoms with Crippen molar-refractivity contribution in [1.82, 2.24) is 9.96 Å². The van der Waals surface area contributed by atoms with Crippen molar-refractivity contribution in [1.29, 1.82) is 0 Å². The predicted molar refractivity (Wildman–Crippen MR) is 68.0 cm³/mol. The molecule has 0 aromatic heterocycles. The Morgan fingerprint density at radius 1 is 1.26 bits per heavy atom. The van der Waals surface area contributed by atoms with Crippen molar-refractivity contribution in [2.45, 2.75) is 31.5 Å². The first-order valence-corrected chi connectivity index (χ1v) is 6.51. The van der Waals surface area contributed by atoms with Crippen LogP contribution >= 0.6 is 0 Å². The summed E-state index contributed by atoms with van der Waals surface area (Å²) < 4.78 is 0. The molecule has 1 aromatic rings. The number of amides is 2. The molecule has 3 rings (SSSR count). The number of hydrogen-bond acceptors (Lipinski definition) is 3. The van der Waals surface area contributed by atoms with E-state index in [2.05, 4.69) is 0 Å². The van der Waals surface area contributed by atoms with Crippen molar-refractivity contribution < 1.29 is 14.4 Å². The number of piperidine rings is 1. The predicted octanol–water partition coefficient (Wildman–Crippen LogP) is 1.59. The van der Waals surface area contributed by atoms with Crippen LogP contribution in [0.4, 0.5) is 4.79 Å². The summed E-state index contributed by atoms with van der Waals surface area (Å²) in [4.78, 5) is 30.3. The lowest BCUT2D eigenvalue weighted by Gasteiger charge is -2.25. The van der Waals surface area contributed by atoms with Gasteiger partial charge in [-0.05, 0) is 18.4 Å². The number of aldehydes is 1. The maximum atomic E-state index is 12.1. The van der Waals surface area contributed by atoms with Gasteiger partial charge in [0.1, 0.15) is 12.9 Å². The zero-order valence-electron chi connectivity index (χ0n) is 10.6. The molecule has 2 bridgehead atoms. The maximum absolute atomic E-state index is 12.1. The van der Waals surface area contributed by atoms with Gasteiger partial charge in [0.2, 0.25) is 0 Å². The summed E-state index contributed by atoms with van der Waals surface area (Å²) in [6, 6.07) is 9.35. The van der Waals surface area contributed by atoms with Gasteiger partial charge in [0.25, 0.3) is 0 Å². The van der Waals surface area contributed by atoms with E-state index < -0.39 is 0 Å². The summed E-state index contributed by atoms with van der Waals surface area (Å²) >= 11 is 0. The smallest absolute Gasteiger partial charge is 0.311 e. The fourth-order valence-corrected chi connectivity index (χ4v) is 2.69. The quantitative estimate of drug-likeness (QED) is 0.772. The van der Waals surface area contributed by atoms with Gasteiger partial charge >= 0.3 is 6.03 Å². The molecule has 2 aliphatic heterocycles. The highest BCUT2D eigenvalue weighted by atomic mass is 16.7. The third kappa shape index (κ3) is 2.21. The van der Waals surface area contributed by atoms with Crippen LogP contribution in [-0.2, 0) is 16.2 Å². The molecule has 0 N–H and O–H groups in total. The molecule has 1 aromatic carbocycles. The number of nitrogens with zero attached hydrogens (tertiary/aromatic N) is 2. The van der Waals surface area contributed by atoms with Crippen LogP contribution in [0.2, 0.25) is 0 Å². The Hall–Kier alpha value is -1.88. The van der Waals surface area contributed by atoms with Crippen molar-refractivity contribution in [2.75, 3.05) is 6.54 Å². The van der Waals surface area contributed by atoms with E-state index in [1.165, 1.54) is 5.06 Å². The van der Waals surface area contributed by atoms with Gasteiger partial charge in [-0.2, -0.15) is 5.06 Å². The van der Waals surface area contributed by atoms with E-state index in [0.717, 1.165) is 24.7 Å². The van der Waals surface area contributed by atoms with E-state index in [1.54, 1.807) is 4.90 Å². The normalized spacial score (nSPS) is 25.8. The van der Waals surface area contributed by atoms with Crippen molar-refractivity contribution in [3.05, 3.63) is 35.9 Å². The second-order valence-corrected chi connectivity index (χ2v) is 4.95. The number of fused-ring (bicyclic) bond motifs is 2. The molecule has 2 atom stereocenters. The van der Waals surface area contributed by atoms with Crippen LogP contribution in [0.15, 0.2) is 30.3 Å². The standard InChI is InChI=1S/C14H16N2O3/c17-9-13-7-6-12-8-15(13)14(18)16(12)19-10-11-4-2-1-3-5-11/h1-5,9,12-13H,6-8,10H2. The van der Waals surface area contributed by atoms with E-state index in [9.17, 15) is 9.59 Å². The third-order valence-electron chi connectivity index (χ3n) is 3.74. The average Bonchev–Trinajstić information content (AvgIpc) is 2.71. The summed E-state index contributed by atoms with van der Waals surface area (Å²) in [5.41, 5.74) is 1.03. The summed E-state index contributed by atoms with van der Waals surface area (Å²) in [5, 5.41) is 1.44. The molecule has 2 heterocycles. The minimum atomic E-state index is -0.283. The van der Waals surface area contributed by atoms with Crippen LogP contribution < -0.4 is 0 Å². The number of hydrogen-bond donors (Lipinski definition) is 0. The topological polar surface area (TPSA) is 49.9 Å². The fraction of sp³-hybridized carbons (Fsp3) is 0.429. The Morgan fingerprint density at radius 3 is 2.79 bits per heavy atom. The minimum absolute atomic E-state index is 0.0763. The lowest BCUT2D eigenvalue weighted by atomic mass is 10.0. The second kappa shape index (κ2) is 5.01. The molecule has 0 aliphatic carbocycles. The zero-order chi connectivity index (χ0) is 13.2. The highest BCUT2D eigenvalue weighted by Crippen LogP contribution is 2.29. The van der Waals surface area contributed by atoms with E-state index in [4.69, 9.17) is 4.84 Å². The van der Waals surface area contributed by atoms with Gasteiger partial charge in [-0.15, -0.1) is 0 Å². The number of rotatable bonds is 4. The van der Waals surface area contributed by atoms with Crippen LogP contribution in [0, 0.1) is 0 Å². The molecule has 2 saturated heterocycles. The number of urea groups is 1. The van der Waals surface area contributed by atoms with Crippen molar-refractivity contribution >= 4 is 12.3 Å². The van der Waals surface area contributed by atoms with Crippen molar-refractivity contribution in [3.8, 4) is 0 Å². The zero-order valence-corrected chi connectivity index (χ0v) is 10.6. The third-order valence-corrected chi connectivity index (χ3v) is 3.74. The fourth-order valence-electron chi connectivity index (χ4n) is 2.69. The van der Waals surface area contributed by atoms with Gasteiger partial charge in [-0.25, -0.2) is 4.79 Å². The van der Waals surface area contributed by atoms with Crippen LogP contribution in [0.1, 0.15) is 18.4 Å². The van der Waals surface area contributed by atoms with Crippen molar-refractivity contribution in [2.24, 2.45) is 0 Å². The Morgan fingerprint density at radius 2 is 2.05 bits per heavy atom. The first-order chi connectivity index (χ1) is 9.29. The Labute approximate surface area is 111 Å². The largest absolute Gasteiger partial charge is 0.344 e. The molecule has 5 nitrogen and oxygen atoms in total. The Kier molecular flexibility index (Phi) is 3.21.